The van der Waals surface area contributed by atoms with Crippen molar-refractivity contribution in [1.82, 2.24) is 4.90 Å². The molecule has 6 heteroatoms. The first kappa shape index (κ1) is 15.7. The summed E-state index contributed by atoms with van der Waals surface area (Å²) in [6.07, 6.45) is 3.17. The number of carboxylic acids is 1. The molecule has 0 saturated carbocycles. The third-order valence-electron chi connectivity index (χ3n) is 3.49. The summed E-state index contributed by atoms with van der Waals surface area (Å²) in [5, 5.41) is 8.92. The molecule has 1 aromatic rings. The van der Waals surface area contributed by atoms with E-state index in [0.717, 1.165) is 32.4 Å². The van der Waals surface area contributed by atoms with Crippen LogP contribution in [0.1, 0.15) is 35.2 Å². The molecule has 1 atom stereocenters. The highest BCUT2D eigenvalue weighted by atomic mass is 32.2. The topological polar surface area (TPSA) is 74.7 Å². The van der Waals surface area contributed by atoms with E-state index in [1.165, 1.54) is 12.1 Å². The Bertz CT molecular complexity index is 552. The number of likely N-dealkylation sites (tertiary alicyclic amines) is 1. The first-order valence-corrected chi connectivity index (χ1v) is 8.50. The lowest BCUT2D eigenvalue weighted by atomic mass is 10.1. The van der Waals surface area contributed by atoms with E-state index < -0.39 is 16.8 Å². The molecule has 21 heavy (non-hydrogen) atoms. The molecule has 1 N–H and O–H groups in total. The van der Waals surface area contributed by atoms with Gasteiger partial charge in [-0.05, 0) is 37.0 Å². The lowest BCUT2D eigenvalue weighted by Gasteiger charge is -2.26. The standard InChI is InChI=1S/C15H19NO4S/c17-14(16-7-2-1-3-8-16)11-21(20)10-12-5-4-6-13(9-12)15(18)19/h4-6,9H,1-3,7-8,10-11H2,(H,18,19). The minimum absolute atomic E-state index is 0.0112. The Morgan fingerprint density at radius 2 is 1.90 bits per heavy atom. The smallest absolute Gasteiger partial charge is 0.335 e. The predicted molar refractivity (Wildman–Crippen MR) is 80.5 cm³/mol. The summed E-state index contributed by atoms with van der Waals surface area (Å²) >= 11 is 0. The van der Waals surface area contributed by atoms with Crippen LogP contribution in [0.5, 0.6) is 0 Å². The maximum absolute atomic E-state index is 12.1. The van der Waals surface area contributed by atoms with Gasteiger partial charge in [-0.15, -0.1) is 0 Å². The van der Waals surface area contributed by atoms with E-state index in [-0.39, 0.29) is 23.0 Å². The zero-order valence-electron chi connectivity index (χ0n) is 11.8. The van der Waals surface area contributed by atoms with Gasteiger partial charge in [0.05, 0.1) is 5.56 Å². The van der Waals surface area contributed by atoms with Gasteiger partial charge in [0.25, 0.3) is 0 Å². The third kappa shape index (κ3) is 4.67. The number of nitrogens with zero attached hydrogens (tertiary/aromatic N) is 1. The number of carboxylic acid groups (broad SMARTS) is 1. The fraction of sp³-hybridized carbons (Fsp3) is 0.467. The molecule has 5 nitrogen and oxygen atoms in total. The van der Waals surface area contributed by atoms with Crippen LogP contribution >= 0.6 is 0 Å². The number of rotatable bonds is 5. The Labute approximate surface area is 126 Å². The molecule has 1 aromatic carbocycles. The second-order valence-electron chi connectivity index (χ2n) is 5.18. The molecule has 0 spiro atoms. The molecule has 0 radical (unpaired) electrons. The molecule has 1 aliphatic heterocycles. The van der Waals surface area contributed by atoms with Gasteiger partial charge in [0.1, 0.15) is 5.75 Å². The zero-order chi connectivity index (χ0) is 15.2. The number of aromatic carboxylic acids is 1. The SMILES string of the molecule is O=C(O)c1cccc(CS(=O)CC(=O)N2CCCCC2)c1. The average Bonchev–Trinajstić information content (AvgIpc) is 2.48. The highest BCUT2D eigenvalue weighted by Gasteiger charge is 2.18. The maximum Gasteiger partial charge on any atom is 0.335 e. The van der Waals surface area contributed by atoms with Crippen LogP contribution in [-0.2, 0) is 21.3 Å². The summed E-state index contributed by atoms with van der Waals surface area (Å²) in [6, 6.07) is 6.36. The van der Waals surface area contributed by atoms with Crippen LogP contribution in [0.15, 0.2) is 24.3 Å². The van der Waals surface area contributed by atoms with Crippen molar-refractivity contribution in [1.29, 1.82) is 0 Å². The summed E-state index contributed by atoms with van der Waals surface area (Å²) in [6.45, 7) is 1.51. The summed E-state index contributed by atoms with van der Waals surface area (Å²) in [5.74, 6) is -0.854. The van der Waals surface area contributed by atoms with Crippen LogP contribution in [0.25, 0.3) is 0 Å². The first-order chi connectivity index (χ1) is 10.1. The molecule has 1 amide bonds. The monoisotopic (exact) mass is 309 g/mol. The lowest BCUT2D eigenvalue weighted by Crippen LogP contribution is -2.38. The molecular formula is C15H19NO4S. The van der Waals surface area contributed by atoms with E-state index in [1.54, 1.807) is 17.0 Å². The summed E-state index contributed by atoms with van der Waals surface area (Å²) < 4.78 is 12.1. The summed E-state index contributed by atoms with van der Waals surface area (Å²) in [5.41, 5.74) is 0.853. The van der Waals surface area contributed by atoms with Gasteiger partial charge in [-0.1, -0.05) is 12.1 Å². The minimum Gasteiger partial charge on any atom is -0.478 e. The third-order valence-corrected chi connectivity index (χ3v) is 4.72. The van der Waals surface area contributed by atoms with E-state index in [9.17, 15) is 13.8 Å². The zero-order valence-corrected chi connectivity index (χ0v) is 12.6. The van der Waals surface area contributed by atoms with Gasteiger partial charge in [-0.25, -0.2) is 4.79 Å². The molecule has 0 bridgehead atoms. The second-order valence-corrected chi connectivity index (χ2v) is 6.63. The first-order valence-electron chi connectivity index (χ1n) is 7.01. The lowest BCUT2D eigenvalue weighted by molar-refractivity contribution is -0.129. The molecule has 1 heterocycles. The molecule has 1 fully saturated rings. The fourth-order valence-electron chi connectivity index (χ4n) is 2.40. The molecule has 1 unspecified atom stereocenters. The van der Waals surface area contributed by atoms with Crippen LogP contribution in [0.3, 0.4) is 0 Å². The molecule has 114 valence electrons. The Kier molecular flexibility index (Phi) is 5.50. The van der Waals surface area contributed by atoms with Crippen LogP contribution in [0.2, 0.25) is 0 Å². The van der Waals surface area contributed by atoms with Crippen molar-refractivity contribution >= 4 is 22.7 Å². The van der Waals surface area contributed by atoms with Gasteiger partial charge in [0.15, 0.2) is 0 Å². The van der Waals surface area contributed by atoms with E-state index in [0.29, 0.717) is 5.56 Å². The molecule has 0 aliphatic carbocycles. The van der Waals surface area contributed by atoms with E-state index in [4.69, 9.17) is 5.11 Å². The van der Waals surface area contributed by atoms with E-state index in [1.807, 2.05) is 0 Å². The van der Waals surface area contributed by atoms with Crippen molar-refractivity contribution in [3.8, 4) is 0 Å². The normalized spacial score (nSPS) is 16.5. The van der Waals surface area contributed by atoms with Crippen LogP contribution in [-0.4, -0.2) is 44.9 Å². The largest absolute Gasteiger partial charge is 0.478 e. The van der Waals surface area contributed by atoms with E-state index >= 15 is 0 Å². The highest BCUT2D eigenvalue weighted by molar-refractivity contribution is 7.84. The average molecular weight is 309 g/mol. The number of carbonyl (C=O) groups is 2. The number of benzene rings is 1. The quantitative estimate of drug-likeness (QED) is 0.897. The maximum atomic E-state index is 12.1. The Morgan fingerprint density at radius 3 is 2.57 bits per heavy atom. The van der Waals surface area contributed by atoms with Gasteiger partial charge in [0.2, 0.25) is 5.91 Å². The van der Waals surface area contributed by atoms with Gasteiger partial charge in [-0.2, -0.15) is 0 Å². The van der Waals surface area contributed by atoms with Gasteiger partial charge in [0, 0.05) is 29.6 Å². The number of hydrogen-bond acceptors (Lipinski definition) is 3. The van der Waals surface area contributed by atoms with E-state index in [2.05, 4.69) is 0 Å². The Balaban J connectivity index is 1.90. The van der Waals surface area contributed by atoms with Crippen molar-refractivity contribution in [2.24, 2.45) is 0 Å². The minimum atomic E-state index is -1.31. The molecule has 2 rings (SSSR count). The summed E-state index contributed by atoms with van der Waals surface area (Å²) in [7, 11) is -1.31. The summed E-state index contributed by atoms with van der Waals surface area (Å²) in [4.78, 5) is 24.7. The van der Waals surface area contributed by atoms with Crippen molar-refractivity contribution in [3.63, 3.8) is 0 Å². The second kappa shape index (κ2) is 7.36. The van der Waals surface area contributed by atoms with Crippen molar-refractivity contribution in [2.45, 2.75) is 25.0 Å². The van der Waals surface area contributed by atoms with Crippen LogP contribution < -0.4 is 0 Å². The number of piperidine rings is 1. The Hall–Kier alpha value is -1.69. The van der Waals surface area contributed by atoms with Crippen molar-refractivity contribution in [2.75, 3.05) is 18.8 Å². The van der Waals surface area contributed by atoms with Gasteiger partial charge in [-0.3, -0.25) is 9.00 Å². The molecule has 1 aliphatic rings. The molecule has 1 saturated heterocycles. The number of hydrogen-bond donors (Lipinski definition) is 1. The van der Waals surface area contributed by atoms with Crippen LogP contribution in [0, 0.1) is 0 Å². The van der Waals surface area contributed by atoms with Crippen LogP contribution in [0.4, 0.5) is 0 Å². The fourth-order valence-corrected chi connectivity index (χ4v) is 3.51. The number of carbonyl (C=O) groups excluding carboxylic acids is 1. The number of amides is 1. The van der Waals surface area contributed by atoms with Crippen molar-refractivity contribution < 1.29 is 18.9 Å². The highest BCUT2D eigenvalue weighted by Crippen LogP contribution is 2.11. The Morgan fingerprint density at radius 1 is 1.19 bits per heavy atom. The van der Waals surface area contributed by atoms with Crippen molar-refractivity contribution in [3.05, 3.63) is 35.4 Å². The molecular weight excluding hydrogens is 290 g/mol. The van der Waals surface area contributed by atoms with Gasteiger partial charge >= 0.3 is 5.97 Å². The van der Waals surface area contributed by atoms with Gasteiger partial charge < -0.3 is 10.0 Å². The molecule has 0 aromatic heterocycles. The predicted octanol–water partition coefficient (Wildman–Crippen LogP) is 1.65.